The normalized spacial score (nSPS) is 11.5. The van der Waals surface area contributed by atoms with Crippen molar-refractivity contribution in [3.8, 4) is 0 Å². The van der Waals surface area contributed by atoms with E-state index in [0.29, 0.717) is 10.6 Å². The fourth-order valence-electron chi connectivity index (χ4n) is 0.842. The topological polar surface area (TPSA) is 34.1 Å². The third-order valence-electron chi connectivity index (χ3n) is 1.53. The van der Waals surface area contributed by atoms with E-state index in [0.717, 1.165) is 5.56 Å². The second-order valence-corrected chi connectivity index (χ2v) is 4.91. The maximum Gasteiger partial charge on any atom is 0.175 e. The predicted octanol–water partition coefficient (Wildman–Crippen LogP) is 1.52. The van der Waals surface area contributed by atoms with Crippen molar-refractivity contribution in [3.63, 3.8) is 0 Å². The molecule has 0 spiro atoms. The Morgan fingerprint density at radius 1 is 1.25 bits per heavy atom. The quantitative estimate of drug-likeness (QED) is 0.738. The van der Waals surface area contributed by atoms with E-state index >= 15 is 0 Å². The van der Waals surface area contributed by atoms with E-state index in [1.54, 1.807) is 24.3 Å². The number of benzene rings is 1. The van der Waals surface area contributed by atoms with Gasteiger partial charge >= 0.3 is 0 Å². The molecule has 12 heavy (non-hydrogen) atoms. The molecule has 2 nitrogen and oxygen atoms in total. The smallest absolute Gasteiger partial charge is 0.175 e. The van der Waals surface area contributed by atoms with Crippen molar-refractivity contribution in [3.05, 3.63) is 29.8 Å². The summed E-state index contributed by atoms with van der Waals surface area (Å²) in [5.74, 6) is 0.629. The third kappa shape index (κ3) is 2.25. The highest BCUT2D eigenvalue weighted by Crippen LogP contribution is 2.11. The van der Waals surface area contributed by atoms with Gasteiger partial charge in [-0.2, -0.15) is 12.6 Å². The molecule has 0 aliphatic heterocycles. The highest BCUT2D eigenvalue weighted by atomic mass is 32.2. The molecule has 0 aliphatic rings. The van der Waals surface area contributed by atoms with Gasteiger partial charge in [-0.3, -0.25) is 0 Å². The molecule has 0 saturated heterocycles. The van der Waals surface area contributed by atoms with Gasteiger partial charge in [-0.25, -0.2) is 8.42 Å². The Morgan fingerprint density at radius 2 is 1.75 bits per heavy atom. The van der Waals surface area contributed by atoms with Crippen LogP contribution in [-0.2, 0) is 15.6 Å². The fraction of sp³-hybridized carbons (Fsp3) is 0.250. The number of hydrogen-bond donors (Lipinski definition) is 1. The monoisotopic (exact) mass is 202 g/mol. The van der Waals surface area contributed by atoms with Crippen LogP contribution in [0.2, 0.25) is 0 Å². The largest absolute Gasteiger partial charge is 0.224 e. The lowest BCUT2D eigenvalue weighted by atomic mass is 10.2. The molecule has 0 aliphatic carbocycles. The maximum atomic E-state index is 11.0. The van der Waals surface area contributed by atoms with Crippen molar-refractivity contribution in [1.82, 2.24) is 0 Å². The Hall–Kier alpha value is -0.480. The van der Waals surface area contributed by atoms with E-state index in [4.69, 9.17) is 0 Å². The lowest BCUT2D eigenvalue weighted by Crippen LogP contribution is -1.96. The van der Waals surface area contributed by atoms with Crippen molar-refractivity contribution in [1.29, 1.82) is 0 Å². The van der Waals surface area contributed by atoms with Crippen LogP contribution in [0.4, 0.5) is 0 Å². The number of thiol groups is 1. The van der Waals surface area contributed by atoms with Crippen molar-refractivity contribution in [2.24, 2.45) is 0 Å². The summed E-state index contributed by atoms with van der Waals surface area (Å²) in [6, 6.07) is 6.73. The van der Waals surface area contributed by atoms with Gasteiger partial charge < -0.3 is 0 Å². The Morgan fingerprint density at radius 3 is 2.08 bits per heavy atom. The first-order valence-electron chi connectivity index (χ1n) is 3.44. The number of rotatable bonds is 2. The van der Waals surface area contributed by atoms with Gasteiger partial charge in [-0.1, -0.05) is 12.1 Å². The Bertz CT molecular complexity index is 351. The van der Waals surface area contributed by atoms with Crippen LogP contribution in [0.1, 0.15) is 5.56 Å². The molecule has 0 atom stereocenters. The lowest BCUT2D eigenvalue weighted by Gasteiger charge is -1.98. The van der Waals surface area contributed by atoms with Gasteiger partial charge in [-0.15, -0.1) is 0 Å². The van der Waals surface area contributed by atoms with E-state index in [1.807, 2.05) is 0 Å². The molecule has 0 saturated carbocycles. The summed E-state index contributed by atoms with van der Waals surface area (Å²) in [5.41, 5.74) is 1.02. The van der Waals surface area contributed by atoms with E-state index in [-0.39, 0.29) is 0 Å². The average molecular weight is 202 g/mol. The minimum atomic E-state index is -3.05. The van der Waals surface area contributed by atoms with E-state index in [1.165, 1.54) is 6.26 Å². The molecule has 1 rings (SSSR count). The molecular formula is C8H10O2S2. The zero-order valence-electron chi connectivity index (χ0n) is 6.69. The van der Waals surface area contributed by atoms with Crippen LogP contribution in [0.25, 0.3) is 0 Å². The van der Waals surface area contributed by atoms with Crippen LogP contribution in [0, 0.1) is 0 Å². The summed E-state index contributed by atoms with van der Waals surface area (Å²) in [7, 11) is -3.05. The van der Waals surface area contributed by atoms with Crippen LogP contribution in [0.5, 0.6) is 0 Å². The first kappa shape index (κ1) is 9.61. The van der Waals surface area contributed by atoms with Crippen LogP contribution in [-0.4, -0.2) is 14.7 Å². The van der Waals surface area contributed by atoms with Gasteiger partial charge in [0.15, 0.2) is 9.84 Å². The SMILES string of the molecule is CS(=O)(=O)c1ccc(CS)cc1. The molecule has 0 aromatic heterocycles. The molecule has 4 heteroatoms. The second kappa shape index (κ2) is 3.49. The molecule has 0 N–H and O–H groups in total. The summed E-state index contributed by atoms with van der Waals surface area (Å²) < 4.78 is 22.0. The Kier molecular flexibility index (Phi) is 2.80. The Balaban J connectivity index is 3.09. The van der Waals surface area contributed by atoms with Crippen LogP contribution < -0.4 is 0 Å². The molecule has 1 aromatic rings. The molecule has 0 amide bonds. The zero-order chi connectivity index (χ0) is 9.19. The summed E-state index contributed by atoms with van der Waals surface area (Å²) in [6.45, 7) is 0. The minimum absolute atomic E-state index is 0.355. The second-order valence-electron chi connectivity index (χ2n) is 2.57. The first-order chi connectivity index (χ1) is 5.54. The van der Waals surface area contributed by atoms with Gasteiger partial charge in [0, 0.05) is 12.0 Å². The first-order valence-corrected chi connectivity index (χ1v) is 5.96. The maximum absolute atomic E-state index is 11.0. The standard InChI is InChI=1S/C8H10O2S2/c1-12(9,10)8-4-2-7(6-11)3-5-8/h2-5,11H,6H2,1H3. The van der Waals surface area contributed by atoms with E-state index in [2.05, 4.69) is 12.6 Å². The van der Waals surface area contributed by atoms with Crippen molar-refractivity contribution >= 4 is 22.5 Å². The van der Waals surface area contributed by atoms with Crippen LogP contribution >= 0.6 is 12.6 Å². The Labute approximate surface area is 77.9 Å². The number of hydrogen-bond acceptors (Lipinski definition) is 3. The van der Waals surface area contributed by atoms with Gasteiger partial charge in [-0.05, 0) is 17.7 Å². The van der Waals surface area contributed by atoms with Gasteiger partial charge in [0.05, 0.1) is 4.90 Å². The molecule has 66 valence electrons. The van der Waals surface area contributed by atoms with Crippen molar-refractivity contribution < 1.29 is 8.42 Å². The van der Waals surface area contributed by atoms with Gasteiger partial charge in [0.25, 0.3) is 0 Å². The summed E-state index contributed by atoms with van der Waals surface area (Å²) >= 11 is 4.07. The van der Waals surface area contributed by atoms with Gasteiger partial charge in [0.2, 0.25) is 0 Å². The summed E-state index contributed by atoms with van der Waals surface area (Å²) in [6.07, 6.45) is 1.20. The molecule has 0 bridgehead atoms. The molecule has 0 heterocycles. The number of sulfone groups is 1. The van der Waals surface area contributed by atoms with Crippen LogP contribution in [0.3, 0.4) is 0 Å². The summed E-state index contributed by atoms with van der Waals surface area (Å²) in [4.78, 5) is 0.355. The van der Waals surface area contributed by atoms with Crippen molar-refractivity contribution in [2.75, 3.05) is 6.26 Å². The molecule has 1 aromatic carbocycles. The molecule has 0 unspecified atom stereocenters. The van der Waals surface area contributed by atoms with Gasteiger partial charge in [0.1, 0.15) is 0 Å². The molecular weight excluding hydrogens is 192 g/mol. The lowest BCUT2D eigenvalue weighted by molar-refractivity contribution is 0.602. The van der Waals surface area contributed by atoms with E-state index in [9.17, 15) is 8.42 Å². The fourth-order valence-corrected chi connectivity index (χ4v) is 1.68. The minimum Gasteiger partial charge on any atom is -0.224 e. The third-order valence-corrected chi connectivity index (χ3v) is 3.03. The highest BCUT2D eigenvalue weighted by Gasteiger charge is 2.04. The highest BCUT2D eigenvalue weighted by molar-refractivity contribution is 7.90. The van der Waals surface area contributed by atoms with Crippen LogP contribution in [0.15, 0.2) is 29.2 Å². The summed E-state index contributed by atoms with van der Waals surface area (Å²) in [5, 5.41) is 0. The van der Waals surface area contributed by atoms with Crippen molar-refractivity contribution in [2.45, 2.75) is 10.6 Å². The predicted molar refractivity (Wildman–Crippen MR) is 52.2 cm³/mol. The molecule has 0 fully saturated rings. The van der Waals surface area contributed by atoms with E-state index < -0.39 is 9.84 Å². The zero-order valence-corrected chi connectivity index (χ0v) is 8.40. The average Bonchev–Trinajstić information content (AvgIpc) is 2.03. The molecule has 0 radical (unpaired) electrons.